The molecule has 0 aliphatic rings. The molecule has 1 aromatic carbocycles. The van der Waals surface area contributed by atoms with Crippen molar-refractivity contribution >= 4 is 17.6 Å². The average Bonchev–Trinajstić information content (AvgIpc) is 2.23. The minimum Gasteiger partial charge on any atom is -0.469 e. The molecule has 1 rings (SSSR count). The summed E-state index contributed by atoms with van der Waals surface area (Å²) in [6.07, 6.45) is 1.73. The molecule has 0 spiro atoms. The van der Waals surface area contributed by atoms with Crippen LogP contribution in [0.15, 0.2) is 18.2 Å². The Balaban J connectivity index is 2.44. The van der Waals surface area contributed by atoms with Crippen molar-refractivity contribution in [1.29, 1.82) is 0 Å². The minimum absolute atomic E-state index is 0.116. The molecule has 0 amide bonds. The SMILES string of the molecule is COC(=O)CCCc1ccc(F)c(Cl)c1. The van der Waals surface area contributed by atoms with Crippen molar-refractivity contribution in [1.82, 2.24) is 0 Å². The molecule has 15 heavy (non-hydrogen) atoms. The fraction of sp³-hybridized carbons (Fsp3) is 0.364. The molecule has 4 heteroatoms. The summed E-state index contributed by atoms with van der Waals surface area (Å²) in [5.41, 5.74) is 0.922. The molecule has 0 saturated carbocycles. The summed E-state index contributed by atoms with van der Waals surface area (Å²) in [4.78, 5) is 10.8. The number of hydrogen-bond acceptors (Lipinski definition) is 2. The first-order valence-electron chi connectivity index (χ1n) is 4.64. The Morgan fingerprint density at radius 3 is 2.87 bits per heavy atom. The summed E-state index contributed by atoms with van der Waals surface area (Å²) in [6.45, 7) is 0. The molecule has 1 aromatic rings. The van der Waals surface area contributed by atoms with E-state index in [1.165, 1.54) is 13.2 Å². The Bertz CT molecular complexity index is 352. The molecule has 0 unspecified atom stereocenters. The molecule has 0 radical (unpaired) electrons. The molecule has 0 N–H and O–H groups in total. The topological polar surface area (TPSA) is 26.3 Å². The van der Waals surface area contributed by atoms with Gasteiger partial charge in [-0.1, -0.05) is 17.7 Å². The van der Waals surface area contributed by atoms with Gasteiger partial charge in [-0.15, -0.1) is 0 Å². The van der Waals surface area contributed by atoms with Crippen LogP contribution in [0.3, 0.4) is 0 Å². The highest BCUT2D eigenvalue weighted by Gasteiger charge is 2.03. The van der Waals surface area contributed by atoms with E-state index in [1.807, 2.05) is 0 Å². The zero-order chi connectivity index (χ0) is 11.3. The second-order valence-electron chi connectivity index (χ2n) is 3.18. The van der Waals surface area contributed by atoms with Crippen molar-refractivity contribution in [2.24, 2.45) is 0 Å². The predicted octanol–water partition coefficient (Wildman–Crippen LogP) is 2.97. The van der Waals surface area contributed by atoms with Gasteiger partial charge in [0, 0.05) is 6.42 Å². The van der Waals surface area contributed by atoms with E-state index < -0.39 is 5.82 Å². The van der Waals surface area contributed by atoms with E-state index in [0.29, 0.717) is 19.3 Å². The van der Waals surface area contributed by atoms with Crippen molar-refractivity contribution in [3.05, 3.63) is 34.6 Å². The van der Waals surface area contributed by atoms with Gasteiger partial charge in [0.15, 0.2) is 0 Å². The summed E-state index contributed by atoms with van der Waals surface area (Å²) in [7, 11) is 1.36. The zero-order valence-corrected chi connectivity index (χ0v) is 9.18. The number of ether oxygens (including phenoxy) is 1. The van der Waals surface area contributed by atoms with Crippen molar-refractivity contribution < 1.29 is 13.9 Å². The molecule has 0 bridgehead atoms. The molecule has 0 atom stereocenters. The second-order valence-corrected chi connectivity index (χ2v) is 3.59. The second kappa shape index (κ2) is 5.71. The number of rotatable bonds is 4. The lowest BCUT2D eigenvalue weighted by molar-refractivity contribution is -0.140. The van der Waals surface area contributed by atoms with E-state index in [9.17, 15) is 9.18 Å². The first-order valence-corrected chi connectivity index (χ1v) is 5.02. The highest BCUT2D eigenvalue weighted by Crippen LogP contribution is 2.17. The van der Waals surface area contributed by atoms with E-state index >= 15 is 0 Å². The Kier molecular flexibility index (Phi) is 4.56. The molecule has 0 fully saturated rings. The van der Waals surface area contributed by atoms with Crippen LogP contribution in [0.4, 0.5) is 4.39 Å². The third-order valence-electron chi connectivity index (χ3n) is 2.06. The third-order valence-corrected chi connectivity index (χ3v) is 2.35. The van der Waals surface area contributed by atoms with Gasteiger partial charge in [0.1, 0.15) is 5.82 Å². The Labute approximate surface area is 93.0 Å². The standard InChI is InChI=1S/C11H12ClFO2/c1-15-11(14)4-2-3-8-5-6-10(13)9(12)7-8/h5-7H,2-4H2,1H3. The number of aryl methyl sites for hydroxylation is 1. The Morgan fingerprint density at radius 1 is 1.53 bits per heavy atom. The number of methoxy groups -OCH3 is 1. The quantitative estimate of drug-likeness (QED) is 0.744. The maximum Gasteiger partial charge on any atom is 0.305 e. The molecular formula is C11H12ClFO2. The van der Waals surface area contributed by atoms with Crippen LogP contribution in [0.5, 0.6) is 0 Å². The maximum absolute atomic E-state index is 12.8. The largest absolute Gasteiger partial charge is 0.469 e. The molecule has 0 aliphatic carbocycles. The van der Waals surface area contributed by atoms with E-state index in [2.05, 4.69) is 4.74 Å². The Morgan fingerprint density at radius 2 is 2.27 bits per heavy atom. The maximum atomic E-state index is 12.8. The molecular weight excluding hydrogens is 219 g/mol. The molecule has 0 aliphatic heterocycles. The van der Waals surface area contributed by atoms with Gasteiger partial charge < -0.3 is 4.74 Å². The summed E-state index contributed by atoms with van der Waals surface area (Å²) in [6, 6.07) is 4.57. The van der Waals surface area contributed by atoms with Crippen LogP contribution in [0.1, 0.15) is 18.4 Å². The van der Waals surface area contributed by atoms with Crippen LogP contribution in [0.25, 0.3) is 0 Å². The minimum atomic E-state index is -0.423. The van der Waals surface area contributed by atoms with Gasteiger partial charge in [-0.05, 0) is 30.5 Å². The fourth-order valence-corrected chi connectivity index (χ4v) is 1.44. The molecule has 0 saturated heterocycles. The lowest BCUT2D eigenvalue weighted by Crippen LogP contribution is -2.00. The normalized spacial score (nSPS) is 10.1. The van der Waals surface area contributed by atoms with Gasteiger partial charge in [0.25, 0.3) is 0 Å². The number of carbonyl (C=O) groups excluding carboxylic acids is 1. The van der Waals surface area contributed by atoms with Gasteiger partial charge in [0.2, 0.25) is 0 Å². The smallest absolute Gasteiger partial charge is 0.305 e. The van der Waals surface area contributed by atoms with E-state index in [1.54, 1.807) is 12.1 Å². The first kappa shape index (κ1) is 12.0. The van der Waals surface area contributed by atoms with Gasteiger partial charge in [0.05, 0.1) is 12.1 Å². The number of carbonyl (C=O) groups is 1. The van der Waals surface area contributed by atoms with Gasteiger partial charge in [-0.3, -0.25) is 4.79 Å². The number of hydrogen-bond donors (Lipinski definition) is 0. The number of esters is 1. The summed E-state index contributed by atoms with van der Waals surface area (Å²) >= 11 is 5.62. The summed E-state index contributed by atoms with van der Waals surface area (Å²) < 4.78 is 17.3. The molecule has 82 valence electrons. The molecule has 2 nitrogen and oxygen atoms in total. The van der Waals surface area contributed by atoms with Crippen LogP contribution in [-0.2, 0) is 16.0 Å². The molecule has 0 aromatic heterocycles. The van der Waals surface area contributed by atoms with E-state index in [4.69, 9.17) is 11.6 Å². The van der Waals surface area contributed by atoms with Crippen molar-refractivity contribution in [2.75, 3.05) is 7.11 Å². The number of halogens is 2. The van der Waals surface area contributed by atoms with Gasteiger partial charge in [-0.2, -0.15) is 0 Å². The van der Waals surface area contributed by atoms with E-state index in [-0.39, 0.29) is 11.0 Å². The van der Waals surface area contributed by atoms with Crippen LogP contribution < -0.4 is 0 Å². The lowest BCUT2D eigenvalue weighted by atomic mass is 10.1. The summed E-state index contributed by atoms with van der Waals surface area (Å²) in [5, 5.41) is 0.116. The van der Waals surface area contributed by atoms with Gasteiger partial charge >= 0.3 is 5.97 Å². The zero-order valence-electron chi connectivity index (χ0n) is 8.43. The van der Waals surface area contributed by atoms with Crippen molar-refractivity contribution in [3.8, 4) is 0 Å². The van der Waals surface area contributed by atoms with Crippen LogP contribution in [0, 0.1) is 5.82 Å². The third kappa shape index (κ3) is 3.88. The van der Waals surface area contributed by atoms with Crippen molar-refractivity contribution in [2.45, 2.75) is 19.3 Å². The Hall–Kier alpha value is -1.09. The first-order chi connectivity index (χ1) is 7.13. The van der Waals surface area contributed by atoms with Crippen molar-refractivity contribution in [3.63, 3.8) is 0 Å². The van der Waals surface area contributed by atoms with Crippen LogP contribution in [0.2, 0.25) is 5.02 Å². The van der Waals surface area contributed by atoms with E-state index in [0.717, 1.165) is 5.56 Å². The highest BCUT2D eigenvalue weighted by atomic mass is 35.5. The predicted molar refractivity (Wildman–Crippen MR) is 56.4 cm³/mol. The lowest BCUT2D eigenvalue weighted by Gasteiger charge is -2.02. The van der Waals surface area contributed by atoms with Crippen LogP contribution >= 0.6 is 11.6 Å². The van der Waals surface area contributed by atoms with Gasteiger partial charge in [-0.25, -0.2) is 4.39 Å². The highest BCUT2D eigenvalue weighted by molar-refractivity contribution is 6.30. The summed E-state index contributed by atoms with van der Waals surface area (Å²) in [5.74, 6) is -0.656. The molecule has 0 heterocycles. The number of benzene rings is 1. The van der Waals surface area contributed by atoms with Crippen LogP contribution in [-0.4, -0.2) is 13.1 Å². The fourth-order valence-electron chi connectivity index (χ4n) is 1.23. The average molecular weight is 231 g/mol. The monoisotopic (exact) mass is 230 g/mol.